The van der Waals surface area contributed by atoms with Crippen LogP contribution >= 0.6 is 0 Å². The summed E-state index contributed by atoms with van der Waals surface area (Å²) in [6.45, 7) is 0.366. The minimum absolute atomic E-state index is 0.0296. The van der Waals surface area contributed by atoms with Crippen LogP contribution < -0.4 is 16.0 Å². The zero-order chi connectivity index (χ0) is 27.5. The van der Waals surface area contributed by atoms with E-state index in [2.05, 4.69) is 25.9 Å². The topological polar surface area (TPSA) is 104 Å². The number of nitrogens with zero attached hydrogens (tertiary/aromatic N) is 4. The Labute approximate surface area is 224 Å². The normalized spacial score (nSPS) is 14.0. The number of piperidine rings is 1. The molecule has 0 aliphatic carbocycles. The lowest BCUT2D eigenvalue weighted by molar-refractivity contribution is -0.125. The minimum Gasteiger partial charge on any atom is -0.359 e. The number of carbonyl (C=O) groups is 2. The highest BCUT2D eigenvalue weighted by Crippen LogP contribution is 2.28. The van der Waals surface area contributed by atoms with Crippen molar-refractivity contribution in [2.24, 2.45) is 5.92 Å². The van der Waals surface area contributed by atoms with Gasteiger partial charge in [-0.2, -0.15) is 8.78 Å². The Hall–Kier alpha value is -4.54. The Kier molecular flexibility index (Phi) is 7.40. The molecule has 2 amide bonds. The van der Waals surface area contributed by atoms with Gasteiger partial charge in [-0.15, -0.1) is 0 Å². The molecule has 0 unspecified atom stereocenters. The molecule has 2 aromatic carbocycles. The second kappa shape index (κ2) is 11.1. The van der Waals surface area contributed by atoms with Crippen LogP contribution in [0.3, 0.4) is 0 Å². The smallest absolute Gasteiger partial charge is 0.312 e. The number of nitrogens with one attached hydrogen (secondary N) is 3. The first kappa shape index (κ1) is 26.1. The summed E-state index contributed by atoms with van der Waals surface area (Å²) in [5, 5.41) is 8.06. The van der Waals surface area contributed by atoms with E-state index in [-0.39, 0.29) is 17.7 Å². The van der Waals surface area contributed by atoms with E-state index >= 15 is 0 Å². The summed E-state index contributed by atoms with van der Waals surface area (Å²) in [6.07, 6.45) is 6.46. The van der Waals surface area contributed by atoms with Crippen LogP contribution in [0.2, 0.25) is 0 Å². The first-order valence-corrected chi connectivity index (χ1v) is 12.7. The van der Waals surface area contributed by atoms with Crippen LogP contribution in [0.15, 0.2) is 61.1 Å². The van der Waals surface area contributed by atoms with Gasteiger partial charge in [0.05, 0.1) is 11.9 Å². The second-order valence-electron chi connectivity index (χ2n) is 9.47. The summed E-state index contributed by atoms with van der Waals surface area (Å²) in [6, 6.07) is 12.2. The van der Waals surface area contributed by atoms with Crippen molar-refractivity contribution in [2.45, 2.75) is 26.3 Å². The second-order valence-corrected chi connectivity index (χ2v) is 9.47. The van der Waals surface area contributed by atoms with Gasteiger partial charge in [-0.05, 0) is 55.7 Å². The van der Waals surface area contributed by atoms with Gasteiger partial charge in [-0.3, -0.25) is 14.0 Å². The maximum Gasteiger partial charge on any atom is 0.312 e. The van der Waals surface area contributed by atoms with Crippen LogP contribution in [0.1, 0.15) is 28.8 Å². The highest BCUT2D eigenvalue weighted by Gasteiger charge is 2.27. The predicted molar refractivity (Wildman–Crippen MR) is 145 cm³/mol. The van der Waals surface area contributed by atoms with Crippen LogP contribution in [0.4, 0.5) is 26.0 Å². The van der Waals surface area contributed by atoms with Gasteiger partial charge in [-0.1, -0.05) is 12.1 Å². The zero-order valence-corrected chi connectivity index (χ0v) is 21.6. The van der Waals surface area contributed by atoms with Crippen LogP contribution in [0.25, 0.3) is 16.9 Å². The summed E-state index contributed by atoms with van der Waals surface area (Å²) in [5.41, 5.74) is 4.74. The Balaban J connectivity index is 1.31. The molecule has 1 aliphatic rings. The van der Waals surface area contributed by atoms with Gasteiger partial charge in [-0.25, -0.2) is 9.97 Å². The van der Waals surface area contributed by atoms with Gasteiger partial charge in [0.2, 0.25) is 5.91 Å². The van der Waals surface area contributed by atoms with E-state index in [1.54, 1.807) is 60.9 Å². The fourth-order valence-corrected chi connectivity index (χ4v) is 4.92. The van der Waals surface area contributed by atoms with Crippen LogP contribution in [-0.4, -0.2) is 57.8 Å². The molecule has 2 aromatic heterocycles. The highest BCUT2D eigenvalue weighted by atomic mass is 19.3. The Bertz CT molecular complexity index is 1500. The predicted octanol–water partition coefficient (Wildman–Crippen LogP) is 4.68. The summed E-state index contributed by atoms with van der Waals surface area (Å²) >= 11 is 0. The third-order valence-corrected chi connectivity index (χ3v) is 7.00. The number of rotatable bonds is 7. The first-order valence-electron chi connectivity index (χ1n) is 12.7. The van der Waals surface area contributed by atoms with Gasteiger partial charge in [0.15, 0.2) is 11.5 Å². The number of fused-ring (bicyclic) bond motifs is 1. The molecule has 3 N–H and O–H groups in total. The number of likely N-dealkylation sites (tertiary alicyclic amines) is 1. The van der Waals surface area contributed by atoms with Gasteiger partial charge in [0, 0.05) is 61.0 Å². The molecule has 3 heterocycles. The molecule has 1 fully saturated rings. The quantitative estimate of drug-likeness (QED) is 0.298. The number of halogens is 2. The SMILES string of the molecule is CNC(=O)C1CCN(C(=O)c2ccc(Nc3nccn4c(-c5ccc(NC(F)F)cc5)cnc34)cc2C)CC1. The molecular formula is C28H29F2N7O2. The summed E-state index contributed by atoms with van der Waals surface area (Å²) in [7, 11) is 1.64. The number of aryl methyl sites for hydroxylation is 1. The Morgan fingerprint density at radius 3 is 2.41 bits per heavy atom. The number of carbonyl (C=O) groups excluding carboxylic acids is 2. The summed E-state index contributed by atoms with van der Waals surface area (Å²) in [5.74, 6) is 0.478. The van der Waals surface area contributed by atoms with Crippen molar-refractivity contribution in [3.63, 3.8) is 0 Å². The van der Waals surface area contributed by atoms with Crippen LogP contribution in [0.5, 0.6) is 0 Å². The fourth-order valence-electron chi connectivity index (χ4n) is 4.92. The van der Waals surface area contributed by atoms with E-state index in [0.717, 1.165) is 22.5 Å². The van der Waals surface area contributed by atoms with E-state index in [1.165, 1.54) is 0 Å². The molecule has 0 spiro atoms. The summed E-state index contributed by atoms with van der Waals surface area (Å²) in [4.78, 5) is 35.8. The first-order chi connectivity index (χ1) is 18.8. The lowest BCUT2D eigenvalue weighted by atomic mass is 9.95. The number of anilines is 3. The van der Waals surface area contributed by atoms with Crippen molar-refractivity contribution in [2.75, 3.05) is 30.8 Å². The van der Waals surface area contributed by atoms with Crippen molar-refractivity contribution >= 4 is 34.7 Å². The van der Waals surface area contributed by atoms with E-state index in [1.807, 2.05) is 23.5 Å². The van der Waals surface area contributed by atoms with Gasteiger partial charge >= 0.3 is 6.55 Å². The Morgan fingerprint density at radius 2 is 1.74 bits per heavy atom. The molecule has 1 saturated heterocycles. The molecule has 0 saturated carbocycles. The van der Waals surface area contributed by atoms with Crippen molar-refractivity contribution in [3.8, 4) is 11.3 Å². The van der Waals surface area contributed by atoms with E-state index < -0.39 is 6.55 Å². The number of hydrogen-bond acceptors (Lipinski definition) is 6. The monoisotopic (exact) mass is 533 g/mol. The fraction of sp³-hybridized carbons (Fsp3) is 0.286. The maximum atomic E-state index is 13.2. The van der Waals surface area contributed by atoms with Crippen LogP contribution in [0, 0.1) is 12.8 Å². The maximum absolute atomic E-state index is 13.2. The molecule has 1 aliphatic heterocycles. The average molecular weight is 534 g/mol. The molecule has 0 atom stereocenters. The summed E-state index contributed by atoms with van der Waals surface area (Å²) < 4.78 is 27.0. The van der Waals surface area contributed by atoms with Gasteiger partial charge in [0.25, 0.3) is 5.91 Å². The lowest BCUT2D eigenvalue weighted by Gasteiger charge is -2.31. The van der Waals surface area contributed by atoms with Gasteiger partial charge < -0.3 is 20.9 Å². The van der Waals surface area contributed by atoms with E-state index in [9.17, 15) is 18.4 Å². The Morgan fingerprint density at radius 1 is 1.03 bits per heavy atom. The number of aromatic nitrogens is 3. The molecule has 0 bridgehead atoms. The molecule has 11 heteroatoms. The standard InChI is InChI=1S/C28H29F2N7O2/c1-17-15-21(7-8-22(17)27(39)36-12-9-19(10-13-36)26(38)31-2)34-24-25-33-16-23(37(25)14-11-32-24)18-3-5-20(6-4-18)35-28(29)30/h3-8,11,14-16,19,28,35H,9-10,12-13H2,1-2H3,(H,31,38)(H,32,34). The van der Waals surface area contributed by atoms with Crippen molar-refractivity contribution in [1.29, 1.82) is 0 Å². The van der Waals surface area contributed by atoms with Crippen molar-refractivity contribution < 1.29 is 18.4 Å². The number of benzene rings is 2. The molecule has 9 nitrogen and oxygen atoms in total. The van der Waals surface area contributed by atoms with Crippen molar-refractivity contribution in [1.82, 2.24) is 24.6 Å². The molecule has 5 rings (SSSR count). The molecule has 202 valence electrons. The zero-order valence-electron chi connectivity index (χ0n) is 21.6. The lowest BCUT2D eigenvalue weighted by Crippen LogP contribution is -2.42. The number of amides is 2. The highest BCUT2D eigenvalue weighted by molar-refractivity contribution is 5.96. The van der Waals surface area contributed by atoms with Crippen LogP contribution in [-0.2, 0) is 4.79 Å². The average Bonchev–Trinajstić information content (AvgIpc) is 3.38. The number of hydrogen-bond donors (Lipinski definition) is 3. The third kappa shape index (κ3) is 5.52. The number of imidazole rings is 1. The molecule has 0 radical (unpaired) electrons. The molecular weight excluding hydrogens is 504 g/mol. The van der Waals surface area contributed by atoms with Gasteiger partial charge in [0.1, 0.15) is 0 Å². The largest absolute Gasteiger partial charge is 0.359 e. The number of alkyl halides is 2. The molecule has 4 aromatic rings. The molecule has 39 heavy (non-hydrogen) atoms. The third-order valence-electron chi connectivity index (χ3n) is 7.00. The van der Waals surface area contributed by atoms with Crippen molar-refractivity contribution in [3.05, 3.63) is 72.2 Å². The van der Waals surface area contributed by atoms with E-state index in [0.29, 0.717) is 48.6 Å². The van der Waals surface area contributed by atoms with E-state index in [4.69, 9.17) is 0 Å². The minimum atomic E-state index is -2.63.